The zero-order chi connectivity index (χ0) is 27.2. The molecule has 0 aliphatic heterocycles. The van der Waals surface area contributed by atoms with Crippen molar-refractivity contribution < 1.29 is 23.5 Å². The van der Waals surface area contributed by atoms with E-state index in [1.54, 1.807) is 5.57 Å². The van der Waals surface area contributed by atoms with Crippen molar-refractivity contribution in [2.45, 2.75) is 129 Å². The van der Waals surface area contributed by atoms with Crippen LogP contribution in [0, 0.1) is 28.6 Å². The molecule has 5 nitrogen and oxygen atoms in total. The topological polar surface area (TPSA) is 61.8 Å². The predicted molar refractivity (Wildman–Crippen MR) is 150 cm³/mol. The van der Waals surface area contributed by atoms with Gasteiger partial charge in [0.05, 0.1) is 12.8 Å². The van der Waals surface area contributed by atoms with Gasteiger partial charge in [0.25, 0.3) is 0 Å². The SMILES string of the molecule is CC(C)(C)[Si](C)(C)OC1CC[C@@]2(C)C(=CC[C@H]3[C@@H]4CC[C@H](OC(=O)CCC(=O)OCCl)[C@@]4(C)CC[C@@H]32)C1. The Morgan fingerprint density at radius 1 is 1.03 bits per heavy atom. The first-order chi connectivity index (χ1) is 17.2. The summed E-state index contributed by atoms with van der Waals surface area (Å²) in [4.78, 5) is 24.1. The van der Waals surface area contributed by atoms with Gasteiger partial charge in [0.15, 0.2) is 14.4 Å². The Balaban J connectivity index is 1.41. The van der Waals surface area contributed by atoms with Crippen LogP contribution in [0.2, 0.25) is 18.1 Å². The van der Waals surface area contributed by atoms with Crippen LogP contribution in [0.15, 0.2) is 11.6 Å². The zero-order valence-corrected chi connectivity index (χ0v) is 25.9. The second kappa shape index (κ2) is 10.6. The fourth-order valence-electron chi connectivity index (χ4n) is 8.02. The van der Waals surface area contributed by atoms with Crippen molar-refractivity contribution >= 4 is 31.9 Å². The van der Waals surface area contributed by atoms with Crippen molar-refractivity contribution in [2.24, 2.45) is 28.6 Å². The number of allylic oxidation sites excluding steroid dienone is 1. The molecule has 4 rings (SSSR count). The van der Waals surface area contributed by atoms with Gasteiger partial charge in [0.2, 0.25) is 0 Å². The van der Waals surface area contributed by atoms with Gasteiger partial charge in [0, 0.05) is 11.5 Å². The summed E-state index contributed by atoms with van der Waals surface area (Å²) in [6, 6.07) is -0.182. The van der Waals surface area contributed by atoms with Crippen molar-refractivity contribution in [2.75, 3.05) is 6.07 Å². The van der Waals surface area contributed by atoms with Gasteiger partial charge < -0.3 is 13.9 Å². The molecule has 0 bridgehead atoms. The monoisotopic (exact) mass is 552 g/mol. The number of carbonyl (C=O) groups excluding carboxylic acids is 2. The summed E-state index contributed by atoms with van der Waals surface area (Å²) in [5, 5.41) is 0.240. The van der Waals surface area contributed by atoms with Gasteiger partial charge in [-0.25, -0.2) is 0 Å². The predicted octanol–water partition coefficient (Wildman–Crippen LogP) is 7.77. The number of carbonyl (C=O) groups is 2. The molecule has 0 amide bonds. The Hall–Kier alpha value is -0.853. The molecule has 0 aromatic carbocycles. The van der Waals surface area contributed by atoms with Crippen LogP contribution in [0.5, 0.6) is 0 Å². The summed E-state index contributed by atoms with van der Waals surface area (Å²) in [6.07, 6.45) is 12.0. The molecule has 7 atom stereocenters. The molecular formula is C30H49ClO5Si. The molecule has 210 valence electrons. The lowest BCUT2D eigenvalue weighted by molar-refractivity contribution is -0.161. The molecule has 4 aliphatic rings. The summed E-state index contributed by atoms with van der Waals surface area (Å²) in [5.74, 6) is 1.21. The van der Waals surface area contributed by atoms with Crippen LogP contribution in [0.3, 0.4) is 0 Å². The van der Waals surface area contributed by atoms with Gasteiger partial charge in [-0.2, -0.15) is 0 Å². The van der Waals surface area contributed by atoms with E-state index in [1.165, 1.54) is 12.8 Å². The van der Waals surface area contributed by atoms with Crippen LogP contribution in [0.25, 0.3) is 0 Å². The number of ether oxygens (including phenoxy) is 2. The molecule has 0 saturated heterocycles. The first kappa shape index (κ1) is 29.1. The van der Waals surface area contributed by atoms with E-state index in [-0.39, 0.29) is 46.8 Å². The quantitative estimate of drug-likeness (QED) is 0.140. The van der Waals surface area contributed by atoms with Crippen molar-refractivity contribution in [3.63, 3.8) is 0 Å². The average molecular weight is 553 g/mol. The van der Waals surface area contributed by atoms with E-state index < -0.39 is 14.3 Å². The van der Waals surface area contributed by atoms with Gasteiger partial charge in [-0.15, -0.1) is 0 Å². The minimum Gasteiger partial charge on any atom is -0.462 e. The smallest absolute Gasteiger partial charge is 0.307 e. The lowest BCUT2D eigenvalue weighted by Gasteiger charge is -2.58. The first-order valence-corrected chi connectivity index (χ1v) is 17.9. The first-order valence-electron chi connectivity index (χ1n) is 14.5. The van der Waals surface area contributed by atoms with Crippen LogP contribution >= 0.6 is 11.6 Å². The van der Waals surface area contributed by atoms with Crippen LogP contribution in [0.4, 0.5) is 0 Å². The lowest BCUT2D eigenvalue weighted by atomic mass is 9.48. The lowest BCUT2D eigenvalue weighted by Crippen LogP contribution is -2.52. The van der Waals surface area contributed by atoms with Crippen molar-refractivity contribution in [3.05, 3.63) is 11.6 Å². The molecule has 1 unspecified atom stereocenters. The summed E-state index contributed by atoms with van der Waals surface area (Å²) < 4.78 is 17.6. The molecule has 0 aromatic heterocycles. The molecule has 3 fully saturated rings. The highest BCUT2D eigenvalue weighted by Gasteiger charge is 2.60. The summed E-state index contributed by atoms with van der Waals surface area (Å²) in [6.45, 7) is 16.6. The third kappa shape index (κ3) is 5.59. The Kier molecular flexibility index (Phi) is 8.36. The van der Waals surface area contributed by atoms with E-state index in [0.717, 1.165) is 38.5 Å². The molecule has 4 aliphatic carbocycles. The van der Waals surface area contributed by atoms with Gasteiger partial charge in [-0.3, -0.25) is 9.59 Å². The molecule has 37 heavy (non-hydrogen) atoms. The third-order valence-electron chi connectivity index (χ3n) is 11.3. The van der Waals surface area contributed by atoms with Crippen LogP contribution in [-0.2, 0) is 23.5 Å². The van der Waals surface area contributed by atoms with Crippen LogP contribution in [0.1, 0.15) is 98.8 Å². The van der Waals surface area contributed by atoms with Gasteiger partial charge in [-0.1, -0.05) is 57.9 Å². The summed E-state index contributed by atoms with van der Waals surface area (Å²) >= 11 is 5.43. The standard InChI is InChI=1S/C30H49ClO5Si/c1-28(2,3)37(6,7)36-21-14-16-29(4)20(18-21)8-9-22-23-10-11-25(30(23,5)17-15-24(22)29)35-27(33)13-12-26(32)34-19-31/h8,21-25H,9-19H2,1-7H3/t21?,22-,23-,24-,25-,29-,30-/m0/s1. The number of halogens is 1. The number of esters is 2. The van der Waals surface area contributed by atoms with E-state index in [0.29, 0.717) is 23.9 Å². The summed E-state index contributed by atoms with van der Waals surface area (Å²) in [7, 11) is -1.77. The van der Waals surface area contributed by atoms with E-state index in [1.807, 2.05) is 0 Å². The van der Waals surface area contributed by atoms with E-state index >= 15 is 0 Å². The van der Waals surface area contributed by atoms with Crippen LogP contribution in [-0.4, -0.2) is 38.5 Å². The Morgan fingerprint density at radius 2 is 1.73 bits per heavy atom. The number of fused-ring (bicyclic) bond motifs is 5. The van der Waals surface area contributed by atoms with Crippen molar-refractivity contribution in [1.82, 2.24) is 0 Å². The maximum atomic E-state index is 12.6. The minimum atomic E-state index is -1.77. The van der Waals surface area contributed by atoms with Gasteiger partial charge in [-0.05, 0) is 92.7 Å². The highest BCUT2D eigenvalue weighted by molar-refractivity contribution is 6.74. The van der Waals surface area contributed by atoms with Gasteiger partial charge >= 0.3 is 11.9 Å². The Morgan fingerprint density at radius 3 is 2.41 bits per heavy atom. The molecule has 7 heteroatoms. The molecule has 0 heterocycles. The molecule has 0 spiro atoms. The Bertz CT molecular complexity index is 910. The fraction of sp³-hybridized carbons (Fsp3) is 0.867. The van der Waals surface area contributed by atoms with E-state index in [9.17, 15) is 9.59 Å². The molecule has 0 aromatic rings. The molecule has 0 radical (unpaired) electrons. The van der Waals surface area contributed by atoms with Gasteiger partial charge in [0.1, 0.15) is 6.10 Å². The number of hydrogen-bond acceptors (Lipinski definition) is 5. The largest absolute Gasteiger partial charge is 0.462 e. The second-order valence-electron chi connectivity index (χ2n) is 14.2. The zero-order valence-electron chi connectivity index (χ0n) is 24.2. The Labute approximate surface area is 230 Å². The second-order valence-corrected chi connectivity index (χ2v) is 19.2. The number of alkyl halides is 1. The molecule has 3 saturated carbocycles. The normalized spacial score (nSPS) is 37.6. The van der Waals surface area contributed by atoms with Crippen molar-refractivity contribution in [3.8, 4) is 0 Å². The number of rotatable bonds is 7. The third-order valence-corrected chi connectivity index (χ3v) is 15.9. The van der Waals surface area contributed by atoms with Crippen molar-refractivity contribution in [1.29, 1.82) is 0 Å². The minimum absolute atomic E-state index is 0.0230. The molecular weight excluding hydrogens is 504 g/mol. The van der Waals surface area contributed by atoms with Crippen LogP contribution < -0.4 is 0 Å². The highest BCUT2D eigenvalue weighted by atomic mass is 35.5. The van der Waals surface area contributed by atoms with E-state index in [4.69, 9.17) is 25.5 Å². The number of hydrogen-bond donors (Lipinski definition) is 0. The highest BCUT2D eigenvalue weighted by Crippen LogP contribution is 2.65. The maximum Gasteiger partial charge on any atom is 0.307 e. The fourth-order valence-corrected chi connectivity index (χ4v) is 9.53. The molecule has 0 N–H and O–H groups in total. The maximum absolute atomic E-state index is 12.6. The summed E-state index contributed by atoms with van der Waals surface area (Å²) in [5.41, 5.74) is 1.95. The average Bonchev–Trinajstić information content (AvgIpc) is 3.13. The van der Waals surface area contributed by atoms with E-state index in [2.05, 4.69) is 53.8 Å².